The molecule has 20 heavy (non-hydrogen) atoms. The van der Waals surface area contributed by atoms with Crippen LogP contribution in [0.4, 0.5) is 10.1 Å². The lowest BCUT2D eigenvalue weighted by Crippen LogP contribution is -2.50. The van der Waals surface area contributed by atoms with Crippen molar-refractivity contribution < 1.29 is 4.39 Å². The maximum atomic E-state index is 13.0. The normalized spacial score (nSPS) is 27.4. The van der Waals surface area contributed by atoms with E-state index in [0.717, 1.165) is 24.7 Å². The first kappa shape index (κ1) is 13.9. The molecule has 2 unspecified atom stereocenters. The number of benzene rings is 1. The summed E-state index contributed by atoms with van der Waals surface area (Å²) in [5, 5.41) is 3.75. The third kappa shape index (κ3) is 3.32. The van der Waals surface area contributed by atoms with Gasteiger partial charge in [0.2, 0.25) is 0 Å². The Morgan fingerprint density at radius 1 is 1.20 bits per heavy atom. The number of halogens is 1. The standard InChI is InChI=1S/C17H25FN2/c1-13-9-16(19-10-14-3-2-4-14)12-20(11-13)17-7-5-15(18)6-8-17/h5-8,13-14,16,19H,2-4,9-12H2,1H3. The molecule has 1 aliphatic heterocycles. The molecule has 1 aliphatic carbocycles. The van der Waals surface area contributed by atoms with E-state index < -0.39 is 0 Å². The first-order valence-electron chi connectivity index (χ1n) is 7.94. The highest BCUT2D eigenvalue weighted by Crippen LogP contribution is 2.27. The van der Waals surface area contributed by atoms with Crippen LogP contribution in [0, 0.1) is 17.7 Å². The van der Waals surface area contributed by atoms with Crippen molar-refractivity contribution in [2.24, 2.45) is 11.8 Å². The molecule has 1 N–H and O–H groups in total. The molecule has 3 heteroatoms. The first-order chi connectivity index (χ1) is 9.70. The molecule has 3 rings (SSSR count). The largest absolute Gasteiger partial charge is 0.370 e. The van der Waals surface area contributed by atoms with Crippen molar-refractivity contribution in [3.8, 4) is 0 Å². The van der Waals surface area contributed by atoms with Crippen molar-refractivity contribution in [2.45, 2.75) is 38.6 Å². The van der Waals surface area contributed by atoms with Crippen LogP contribution in [0.25, 0.3) is 0 Å². The minimum absolute atomic E-state index is 0.154. The number of nitrogens with zero attached hydrogens (tertiary/aromatic N) is 1. The Labute approximate surface area is 121 Å². The van der Waals surface area contributed by atoms with Gasteiger partial charge in [0.1, 0.15) is 5.82 Å². The van der Waals surface area contributed by atoms with Crippen molar-refractivity contribution in [1.29, 1.82) is 0 Å². The van der Waals surface area contributed by atoms with Crippen LogP contribution < -0.4 is 10.2 Å². The summed E-state index contributed by atoms with van der Waals surface area (Å²) in [4.78, 5) is 2.39. The van der Waals surface area contributed by atoms with Gasteiger partial charge >= 0.3 is 0 Å². The lowest BCUT2D eigenvalue weighted by molar-refractivity contribution is 0.268. The smallest absolute Gasteiger partial charge is 0.123 e. The van der Waals surface area contributed by atoms with Gasteiger partial charge in [-0.2, -0.15) is 0 Å². The average Bonchev–Trinajstić information content (AvgIpc) is 2.37. The van der Waals surface area contributed by atoms with E-state index in [0.29, 0.717) is 12.0 Å². The third-order valence-electron chi connectivity index (χ3n) is 4.77. The SMILES string of the molecule is CC1CC(NCC2CCC2)CN(c2ccc(F)cc2)C1. The van der Waals surface area contributed by atoms with Crippen LogP contribution in [0.2, 0.25) is 0 Å². The summed E-state index contributed by atoms with van der Waals surface area (Å²) in [6.07, 6.45) is 5.47. The van der Waals surface area contributed by atoms with Gasteiger partial charge in [0.15, 0.2) is 0 Å². The number of anilines is 1. The van der Waals surface area contributed by atoms with Crippen molar-refractivity contribution in [2.75, 3.05) is 24.5 Å². The molecule has 0 amide bonds. The lowest BCUT2D eigenvalue weighted by Gasteiger charge is -2.39. The van der Waals surface area contributed by atoms with Crippen LogP contribution in [0.15, 0.2) is 24.3 Å². The van der Waals surface area contributed by atoms with Gasteiger partial charge in [0.25, 0.3) is 0 Å². The summed E-state index contributed by atoms with van der Waals surface area (Å²) in [6, 6.07) is 7.49. The molecule has 1 aromatic carbocycles. The van der Waals surface area contributed by atoms with Crippen LogP contribution in [0.3, 0.4) is 0 Å². The molecule has 0 bridgehead atoms. The van der Waals surface area contributed by atoms with Gasteiger partial charge < -0.3 is 10.2 Å². The maximum Gasteiger partial charge on any atom is 0.123 e. The molecule has 1 aromatic rings. The Kier molecular flexibility index (Phi) is 4.25. The van der Waals surface area contributed by atoms with Crippen LogP contribution in [0.1, 0.15) is 32.6 Å². The highest BCUT2D eigenvalue weighted by Gasteiger charge is 2.26. The molecule has 2 atom stereocenters. The lowest BCUT2D eigenvalue weighted by atomic mass is 9.85. The monoisotopic (exact) mass is 276 g/mol. The quantitative estimate of drug-likeness (QED) is 0.906. The maximum absolute atomic E-state index is 13.0. The fourth-order valence-corrected chi connectivity index (χ4v) is 3.39. The van der Waals surface area contributed by atoms with Gasteiger partial charge in [0.05, 0.1) is 0 Å². The molecule has 2 aliphatic rings. The Morgan fingerprint density at radius 2 is 1.95 bits per heavy atom. The molecule has 0 spiro atoms. The van der Waals surface area contributed by atoms with E-state index in [-0.39, 0.29) is 5.82 Å². The van der Waals surface area contributed by atoms with Gasteiger partial charge in [-0.25, -0.2) is 4.39 Å². The van der Waals surface area contributed by atoms with Gasteiger partial charge in [0, 0.05) is 24.8 Å². The van der Waals surface area contributed by atoms with Gasteiger partial charge in [-0.3, -0.25) is 0 Å². The zero-order valence-corrected chi connectivity index (χ0v) is 12.3. The molecule has 0 radical (unpaired) electrons. The minimum Gasteiger partial charge on any atom is -0.370 e. The van der Waals surface area contributed by atoms with Gasteiger partial charge in [-0.15, -0.1) is 0 Å². The number of piperidine rings is 1. The molecule has 1 saturated carbocycles. The second kappa shape index (κ2) is 6.13. The summed E-state index contributed by atoms with van der Waals surface area (Å²) >= 11 is 0. The predicted molar refractivity (Wildman–Crippen MR) is 81.5 cm³/mol. The van der Waals surface area contributed by atoms with Crippen LogP contribution >= 0.6 is 0 Å². The Morgan fingerprint density at radius 3 is 2.60 bits per heavy atom. The van der Waals surface area contributed by atoms with E-state index in [9.17, 15) is 4.39 Å². The predicted octanol–water partition coefficient (Wildman–Crippen LogP) is 3.43. The highest BCUT2D eigenvalue weighted by molar-refractivity contribution is 5.47. The molecular formula is C17H25FN2. The molecular weight excluding hydrogens is 251 g/mol. The van der Waals surface area contributed by atoms with Crippen molar-refractivity contribution in [1.82, 2.24) is 5.32 Å². The second-order valence-electron chi connectivity index (χ2n) is 6.62. The second-order valence-corrected chi connectivity index (χ2v) is 6.62. The number of rotatable bonds is 4. The van der Waals surface area contributed by atoms with Crippen molar-refractivity contribution in [3.63, 3.8) is 0 Å². The van der Waals surface area contributed by atoms with Crippen molar-refractivity contribution >= 4 is 5.69 Å². The highest BCUT2D eigenvalue weighted by atomic mass is 19.1. The summed E-state index contributed by atoms with van der Waals surface area (Å²) in [6.45, 7) is 5.61. The van der Waals surface area contributed by atoms with E-state index in [4.69, 9.17) is 0 Å². The zero-order valence-electron chi connectivity index (χ0n) is 12.3. The molecule has 1 saturated heterocycles. The first-order valence-corrected chi connectivity index (χ1v) is 7.94. The van der Waals surface area contributed by atoms with Gasteiger partial charge in [-0.05, 0) is 61.9 Å². The van der Waals surface area contributed by atoms with E-state index in [1.54, 1.807) is 12.1 Å². The third-order valence-corrected chi connectivity index (χ3v) is 4.77. The molecule has 2 nitrogen and oxygen atoms in total. The van der Waals surface area contributed by atoms with E-state index in [1.807, 2.05) is 12.1 Å². The number of hydrogen-bond donors (Lipinski definition) is 1. The minimum atomic E-state index is -0.154. The zero-order chi connectivity index (χ0) is 13.9. The van der Waals surface area contributed by atoms with E-state index in [2.05, 4.69) is 17.1 Å². The molecule has 0 aromatic heterocycles. The van der Waals surface area contributed by atoms with Crippen LogP contribution in [0.5, 0.6) is 0 Å². The Bertz CT molecular complexity index is 427. The molecule has 110 valence electrons. The van der Waals surface area contributed by atoms with E-state index in [1.165, 1.54) is 32.2 Å². The van der Waals surface area contributed by atoms with E-state index >= 15 is 0 Å². The summed E-state index contributed by atoms with van der Waals surface area (Å²) in [5.74, 6) is 1.44. The van der Waals surface area contributed by atoms with Crippen molar-refractivity contribution in [3.05, 3.63) is 30.1 Å². The average molecular weight is 276 g/mol. The molecule has 2 fully saturated rings. The fraction of sp³-hybridized carbons (Fsp3) is 0.647. The fourth-order valence-electron chi connectivity index (χ4n) is 3.39. The summed E-state index contributed by atoms with van der Waals surface area (Å²) in [7, 11) is 0. The Balaban J connectivity index is 1.58. The number of nitrogens with one attached hydrogen (secondary N) is 1. The topological polar surface area (TPSA) is 15.3 Å². The summed E-state index contributed by atoms with van der Waals surface area (Å²) < 4.78 is 13.0. The van der Waals surface area contributed by atoms with Crippen LogP contribution in [-0.4, -0.2) is 25.7 Å². The molecule has 1 heterocycles. The summed E-state index contributed by atoms with van der Waals surface area (Å²) in [5.41, 5.74) is 1.15. The Hall–Kier alpha value is -1.09. The van der Waals surface area contributed by atoms with Gasteiger partial charge in [-0.1, -0.05) is 13.3 Å². The number of hydrogen-bond acceptors (Lipinski definition) is 2. The van der Waals surface area contributed by atoms with Crippen LogP contribution in [-0.2, 0) is 0 Å².